The van der Waals surface area contributed by atoms with Gasteiger partial charge in [0.25, 0.3) is 5.91 Å². The van der Waals surface area contributed by atoms with Gasteiger partial charge in [-0.3, -0.25) is 9.78 Å². The van der Waals surface area contributed by atoms with Gasteiger partial charge in [-0.15, -0.1) is 0 Å². The smallest absolute Gasteiger partial charge is 0.257 e. The number of anilines is 1. The van der Waals surface area contributed by atoms with Crippen LogP contribution in [0.2, 0.25) is 5.02 Å². The Morgan fingerprint density at radius 2 is 1.85 bits per heavy atom. The first-order valence-electron chi connectivity index (χ1n) is 8.32. The van der Waals surface area contributed by atoms with Gasteiger partial charge in [0.05, 0.1) is 22.5 Å². The van der Waals surface area contributed by atoms with E-state index in [1.807, 2.05) is 30.3 Å². The molecule has 0 spiro atoms. The maximum atomic E-state index is 12.3. The van der Waals surface area contributed by atoms with Crippen molar-refractivity contribution >= 4 is 23.2 Å². The fraction of sp³-hybridized carbons (Fsp3) is 0. The summed E-state index contributed by atoms with van der Waals surface area (Å²) >= 11 is 6.36. The van der Waals surface area contributed by atoms with Crippen molar-refractivity contribution in [2.75, 3.05) is 5.32 Å². The number of rotatable bonds is 4. The minimum atomic E-state index is -0.235. The van der Waals surface area contributed by atoms with E-state index in [1.54, 1.807) is 42.7 Å². The van der Waals surface area contributed by atoms with Crippen molar-refractivity contribution in [3.8, 4) is 22.6 Å². The topological polar surface area (TPSA) is 70.7 Å². The van der Waals surface area contributed by atoms with E-state index in [4.69, 9.17) is 11.6 Å². The van der Waals surface area contributed by atoms with E-state index in [1.165, 1.54) is 6.20 Å². The van der Waals surface area contributed by atoms with Crippen LogP contribution in [-0.4, -0.2) is 20.9 Å². The summed E-state index contributed by atoms with van der Waals surface area (Å²) in [5.74, 6) is 0.400. The molecule has 2 heterocycles. The SMILES string of the molecule is O=C(Nc1ccc(Cl)c(-c2ncc(-c3ccccc3)[nH]2)c1)c1cccnc1. The van der Waals surface area contributed by atoms with Crippen molar-refractivity contribution in [3.05, 3.63) is 89.8 Å². The maximum Gasteiger partial charge on any atom is 0.257 e. The summed E-state index contributed by atoms with van der Waals surface area (Å²) in [6, 6.07) is 18.6. The Morgan fingerprint density at radius 1 is 1.00 bits per heavy atom. The predicted octanol–water partition coefficient (Wildman–Crippen LogP) is 5.04. The molecule has 27 heavy (non-hydrogen) atoms. The average molecular weight is 375 g/mol. The third kappa shape index (κ3) is 3.73. The summed E-state index contributed by atoms with van der Waals surface area (Å²) in [7, 11) is 0. The summed E-state index contributed by atoms with van der Waals surface area (Å²) in [5.41, 5.74) is 3.75. The molecule has 2 N–H and O–H groups in total. The average Bonchev–Trinajstić information content (AvgIpc) is 3.21. The lowest BCUT2D eigenvalue weighted by molar-refractivity contribution is 0.102. The quantitative estimate of drug-likeness (QED) is 0.525. The largest absolute Gasteiger partial charge is 0.338 e. The summed E-state index contributed by atoms with van der Waals surface area (Å²) in [6.45, 7) is 0. The molecule has 132 valence electrons. The van der Waals surface area contributed by atoms with Gasteiger partial charge in [0.1, 0.15) is 5.82 Å². The highest BCUT2D eigenvalue weighted by molar-refractivity contribution is 6.33. The normalized spacial score (nSPS) is 10.6. The molecule has 6 heteroatoms. The Morgan fingerprint density at radius 3 is 2.63 bits per heavy atom. The number of nitrogens with zero attached hydrogens (tertiary/aromatic N) is 2. The molecule has 2 aromatic carbocycles. The van der Waals surface area contributed by atoms with E-state index >= 15 is 0 Å². The van der Waals surface area contributed by atoms with Crippen LogP contribution in [-0.2, 0) is 0 Å². The lowest BCUT2D eigenvalue weighted by Crippen LogP contribution is -2.12. The number of H-pyrrole nitrogens is 1. The second kappa shape index (κ2) is 7.43. The molecule has 1 amide bonds. The Bertz CT molecular complexity index is 1080. The number of hydrogen-bond acceptors (Lipinski definition) is 3. The van der Waals surface area contributed by atoms with Crippen LogP contribution < -0.4 is 5.32 Å². The fourth-order valence-corrected chi connectivity index (χ4v) is 2.91. The molecule has 0 atom stereocenters. The molecule has 0 aliphatic carbocycles. The molecule has 0 radical (unpaired) electrons. The van der Waals surface area contributed by atoms with Gasteiger partial charge < -0.3 is 10.3 Å². The lowest BCUT2D eigenvalue weighted by atomic mass is 10.1. The molecule has 0 saturated carbocycles. The molecule has 0 fully saturated rings. The van der Waals surface area contributed by atoms with E-state index in [0.29, 0.717) is 27.7 Å². The van der Waals surface area contributed by atoms with Gasteiger partial charge in [-0.2, -0.15) is 0 Å². The molecule has 0 saturated heterocycles. The minimum Gasteiger partial charge on any atom is -0.338 e. The molecule has 4 rings (SSSR count). The van der Waals surface area contributed by atoms with E-state index in [0.717, 1.165) is 11.3 Å². The molecule has 5 nitrogen and oxygen atoms in total. The first-order chi connectivity index (χ1) is 13.2. The number of carbonyl (C=O) groups is 1. The van der Waals surface area contributed by atoms with Gasteiger partial charge in [-0.25, -0.2) is 4.98 Å². The zero-order valence-electron chi connectivity index (χ0n) is 14.2. The van der Waals surface area contributed by atoms with Crippen molar-refractivity contribution in [2.45, 2.75) is 0 Å². The molecular formula is C21H15ClN4O. The maximum absolute atomic E-state index is 12.3. The van der Waals surface area contributed by atoms with E-state index in [2.05, 4.69) is 20.3 Å². The molecular weight excluding hydrogens is 360 g/mol. The highest BCUT2D eigenvalue weighted by atomic mass is 35.5. The third-order valence-corrected chi connectivity index (χ3v) is 4.39. The van der Waals surface area contributed by atoms with Gasteiger partial charge in [0, 0.05) is 23.6 Å². The fourth-order valence-electron chi connectivity index (χ4n) is 2.71. The van der Waals surface area contributed by atoms with Crippen molar-refractivity contribution in [1.29, 1.82) is 0 Å². The number of amides is 1. The number of halogens is 1. The van der Waals surface area contributed by atoms with Crippen LogP contribution in [0.15, 0.2) is 79.3 Å². The van der Waals surface area contributed by atoms with Crippen LogP contribution in [0.4, 0.5) is 5.69 Å². The summed E-state index contributed by atoms with van der Waals surface area (Å²) in [4.78, 5) is 24.0. The third-order valence-electron chi connectivity index (χ3n) is 4.06. The molecule has 4 aromatic rings. The van der Waals surface area contributed by atoms with Gasteiger partial charge in [0.2, 0.25) is 0 Å². The van der Waals surface area contributed by atoms with Crippen molar-refractivity contribution in [2.24, 2.45) is 0 Å². The van der Waals surface area contributed by atoms with Crippen molar-refractivity contribution < 1.29 is 4.79 Å². The number of nitrogens with one attached hydrogen (secondary N) is 2. The first-order valence-corrected chi connectivity index (χ1v) is 8.70. The van der Waals surface area contributed by atoms with Crippen LogP contribution in [0.3, 0.4) is 0 Å². The Kier molecular flexibility index (Phi) is 4.68. The Balaban J connectivity index is 1.62. The monoisotopic (exact) mass is 374 g/mol. The summed E-state index contributed by atoms with van der Waals surface area (Å²) < 4.78 is 0. The second-order valence-electron chi connectivity index (χ2n) is 5.90. The Labute approximate surface area is 161 Å². The number of pyridine rings is 1. The summed E-state index contributed by atoms with van der Waals surface area (Å²) in [5, 5.41) is 3.40. The molecule has 0 unspecified atom stereocenters. The summed E-state index contributed by atoms with van der Waals surface area (Å²) in [6.07, 6.45) is 4.91. The number of imidazole rings is 1. The number of aromatic nitrogens is 3. The molecule has 0 aliphatic heterocycles. The van der Waals surface area contributed by atoms with Crippen LogP contribution in [0.25, 0.3) is 22.6 Å². The highest BCUT2D eigenvalue weighted by Crippen LogP contribution is 2.30. The number of hydrogen-bond donors (Lipinski definition) is 2. The van der Waals surface area contributed by atoms with Crippen molar-refractivity contribution in [3.63, 3.8) is 0 Å². The van der Waals surface area contributed by atoms with Crippen LogP contribution in [0.1, 0.15) is 10.4 Å². The number of carbonyl (C=O) groups excluding carboxylic acids is 1. The van der Waals surface area contributed by atoms with Gasteiger partial charge >= 0.3 is 0 Å². The van der Waals surface area contributed by atoms with Gasteiger partial charge in [-0.1, -0.05) is 41.9 Å². The second-order valence-corrected chi connectivity index (χ2v) is 6.31. The number of benzene rings is 2. The van der Waals surface area contributed by atoms with Gasteiger partial charge in [-0.05, 0) is 35.9 Å². The first kappa shape index (κ1) is 17.0. The highest BCUT2D eigenvalue weighted by Gasteiger charge is 2.12. The number of aromatic amines is 1. The van der Waals surface area contributed by atoms with Crippen LogP contribution in [0, 0.1) is 0 Å². The van der Waals surface area contributed by atoms with Crippen LogP contribution in [0.5, 0.6) is 0 Å². The standard InChI is InChI=1S/C21H15ClN4O/c22-18-9-8-16(25-21(27)15-7-4-10-23-12-15)11-17(18)20-24-13-19(26-20)14-5-2-1-3-6-14/h1-13H,(H,24,26)(H,25,27). The zero-order chi connectivity index (χ0) is 18.6. The molecule has 0 bridgehead atoms. The van der Waals surface area contributed by atoms with Crippen molar-refractivity contribution in [1.82, 2.24) is 15.0 Å². The molecule has 2 aromatic heterocycles. The van der Waals surface area contributed by atoms with Crippen LogP contribution >= 0.6 is 11.6 Å². The zero-order valence-corrected chi connectivity index (χ0v) is 14.9. The van der Waals surface area contributed by atoms with E-state index < -0.39 is 0 Å². The van der Waals surface area contributed by atoms with E-state index in [-0.39, 0.29) is 5.91 Å². The Hall–Kier alpha value is -3.44. The lowest BCUT2D eigenvalue weighted by Gasteiger charge is -2.08. The van der Waals surface area contributed by atoms with Gasteiger partial charge in [0.15, 0.2) is 0 Å². The predicted molar refractivity (Wildman–Crippen MR) is 107 cm³/mol. The van der Waals surface area contributed by atoms with E-state index in [9.17, 15) is 4.79 Å². The molecule has 0 aliphatic rings. The minimum absolute atomic E-state index is 0.235.